The predicted molar refractivity (Wildman–Crippen MR) is 111 cm³/mol. The van der Waals surface area contributed by atoms with E-state index in [1.54, 1.807) is 0 Å². The fraction of sp³-hybridized carbons (Fsp3) is 0.739. The molecule has 5 heteroatoms. The molecule has 0 amide bonds. The van der Waals surface area contributed by atoms with E-state index in [2.05, 4.69) is 34.6 Å². The average Bonchev–Trinajstić information content (AvgIpc) is 2.96. The van der Waals surface area contributed by atoms with Crippen molar-refractivity contribution in [3.63, 3.8) is 0 Å². The van der Waals surface area contributed by atoms with Crippen LogP contribution < -0.4 is 0 Å². The second-order valence-electron chi connectivity index (χ2n) is 8.47. The molecule has 1 aliphatic rings. The van der Waals surface area contributed by atoms with E-state index in [-0.39, 0.29) is 13.0 Å². The van der Waals surface area contributed by atoms with Gasteiger partial charge in [-0.3, -0.25) is 0 Å². The molecule has 1 saturated heterocycles. The molecule has 1 fully saturated rings. The number of aliphatic hydroxyl groups excluding tert-OH is 1. The largest absolute Gasteiger partial charge is 0.463 e. The highest BCUT2D eigenvalue weighted by Crippen LogP contribution is 2.34. The normalized spacial score (nSPS) is 21.5. The number of cyclic esters (lactones) is 1. The molecule has 5 nitrogen and oxygen atoms in total. The number of carbonyl (C=O) groups excluding carboxylic acids is 2. The maximum absolute atomic E-state index is 12.3. The van der Waals surface area contributed by atoms with Crippen molar-refractivity contribution in [2.75, 3.05) is 13.2 Å². The molecule has 0 unspecified atom stereocenters. The molecular formula is C23H38O5. The van der Waals surface area contributed by atoms with Gasteiger partial charge < -0.3 is 14.6 Å². The smallest absolute Gasteiger partial charge is 0.334 e. The maximum atomic E-state index is 12.3. The van der Waals surface area contributed by atoms with Gasteiger partial charge in [-0.2, -0.15) is 0 Å². The highest BCUT2D eigenvalue weighted by Gasteiger charge is 2.41. The number of hydrogen-bond donors (Lipinski definition) is 1. The Kier molecular flexibility index (Phi) is 10.5. The summed E-state index contributed by atoms with van der Waals surface area (Å²) in [6.07, 6.45) is 9.85. The number of ether oxygens (including phenoxy) is 2. The molecule has 28 heavy (non-hydrogen) atoms. The van der Waals surface area contributed by atoms with E-state index in [1.165, 1.54) is 12.2 Å². The minimum Gasteiger partial charge on any atom is -0.463 e. The first-order chi connectivity index (χ1) is 13.2. The first kappa shape index (κ1) is 24.4. The van der Waals surface area contributed by atoms with E-state index < -0.39 is 17.5 Å². The minimum atomic E-state index is -1.17. The Morgan fingerprint density at radius 2 is 1.89 bits per heavy atom. The van der Waals surface area contributed by atoms with Crippen LogP contribution >= 0.6 is 0 Å². The van der Waals surface area contributed by atoms with Crippen molar-refractivity contribution in [1.29, 1.82) is 0 Å². The zero-order valence-corrected chi connectivity index (χ0v) is 18.2. The SMILES string of the molecule is CCCCCCOC(=O)C=C[C@]1(CO)CC(=CCC(C(C)C)C(C)C)C(=O)O1. The first-order valence-corrected chi connectivity index (χ1v) is 10.6. The fourth-order valence-corrected chi connectivity index (χ4v) is 3.63. The van der Waals surface area contributed by atoms with Crippen molar-refractivity contribution in [1.82, 2.24) is 0 Å². The van der Waals surface area contributed by atoms with Gasteiger partial charge in [0.05, 0.1) is 13.2 Å². The number of carbonyl (C=O) groups is 2. The Hall–Kier alpha value is -1.62. The average molecular weight is 395 g/mol. The van der Waals surface area contributed by atoms with Gasteiger partial charge >= 0.3 is 11.9 Å². The molecule has 1 atom stereocenters. The van der Waals surface area contributed by atoms with Crippen LogP contribution in [-0.4, -0.2) is 35.9 Å². The first-order valence-electron chi connectivity index (χ1n) is 10.6. The molecule has 0 aromatic rings. The molecule has 0 aliphatic carbocycles. The maximum Gasteiger partial charge on any atom is 0.334 e. The molecule has 1 aliphatic heterocycles. The van der Waals surface area contributed by atoms with Crippen LogP contribution in [0.4, 0.5) is 0 Å². The summed E-state index contributed by atoms with van der Waals surface area (Å²) < 4.78 is 10.6. The van der Waals surface area contributed by atoms with Gasteiger partial charge in [0.2, 0.25) is 0 Å². The van der Waals surface area contributed by atoms with E-state index in [0.717, 1.165) is 32.1 Å². The van der Waals surface area contributed by atoms with Crippen LogP contribution in [0, 0.1) is 17.8 Å². The molecule has 0 bridgehead atoms. The van der Waals surface area contributed by atoms with Crippen molar-refractivity contribution in [3.05, 3.63) is 23.8 Å². The highest BCUT2D eigenvalue weighted by atomic mass is 16.6. The number of hydrogen-bond acceptors (Lipinski definition) is 5. The molecule has 160 valence electrons. The van der Waals surface area contributed by atoms with Gasteiger partial charge in [-0.1, -0.05) is 60.0 Å². The summed E-state index contributed by atoms with van der Waals surface area (Å²) in [5.74, 6) is 0.616. The van der Waals surface area contributed by atoms with Gasteiger partial charge in [0, 0.05) is 18.1 Å². The second kappa shape index (κ2) is 12.1. The Balaban J connectivity index is 2.67. The Morgan fingerprint density at radius 1 is 1.21 bits per heavy atom. The summed E-state index contributed by atoms with van der Waals surface area (Å²) >= 11 is 0. The van der Waals surface area contributed by atoms with Gasteiger partial charge in [0.1, 0.15) is 0 Å². The fourth-order valence-electron chi connectivity index (χ4n) is 3.63. The van der Waals surface area contributed by atoms with E-state index in [4.69, 9.17) is 9.47 Å². The number of allylic oxidation sites excluding steroid dienone is 1. The Morgan fingerprint density at radius 3 is 2.46 bits per heavy atom. The monoisotopic (exact) mass is 394 g/mol. The predicted octanol–water partition coefficient (Wildman–Crippen LogP) is 4.59. The lowest BCUT2D eigenvalue weighted by Gasteiger charge is -2.23. The molecule has 0 aromatic heterocycles. The van der Waals surface area contributed by atoms with Gasteiger partial charge in [-0.25, -0.2) is 9.59 Å². The minimum absolute atomic E-state index is 0.269. The number of esters is 2. The lowest BCUT2D eigenvalue weighted by atomic mass is 9.82. The summed E-state index contributed by atoms with van der Waals surface area (Å²) in [4.78, 5) is 24.1. The quantitative estimate of drug-likeness (QED) is 0.298. The van der Waals surface area contributed by atoms with Crippen molar-refractivity contribution in [2.24, 2.45) is 17.8 Å². The molecule has 0 saturated carbocycles. The standard InChI is InChI=1S/C23H38O5/c1-6-7-8-9-14-27-21(25)12-13-23(16-24)15-19(22(26)28-23)10-11-20(17(2)3)18(4)5/h10,12-13,17-18,20,24H,6-9,11,14-16H2,1-5H3/t23-/m1/s1. The summed E-state index contributed by atoms with van der Waals surface area (Å²) in [5, 5.41) is 9.78. The van der Waals surface area contributed by atoms with Gasteiger partial charge in [-0.05, 0) is 36.7 Å². The van der Waals surface area contributed by atoms with Crippen LogP contribution in [-0.2, 0) is 19.1 Å². The lowest BCUT2D eigenvalue weighted by Crippen LogP contribution is -2.30. The summed E-state index contributed by atoms with van der Waals surface area (Å²) in [6.45, 7) is 10.9. The lowest BCUT2D eigenvalue weighted by molar-refractivity contribution is -0.146. The molecule has 1 N–H and O–H groups in total. The number of aliphatic hydroxyl groups is 1. The molecule has 1 heterocycles. The molecular weight excluding hydrogens is 356 g/mol. The highest BCUT2D eigenvalue weighted by molar-refractivity contribution is 5.92. The van der Waals surface area contributed by atoms with Crippen molar-refractivity contribution in [3.8, 4) is 0 Å². The van der Waals surface area contributed by atoms with Crippen LogP contribution in [0.2, 0.25) is 0 Å². The molecule has 1 rings (SSSR count). The Labute approximate surface area is 170 Å². The summed E-state index contributed by atoms with van der Waals surface area (Å²) in [6, 6.07) is 0. The van der Waals surface area contributed by atoms with Crippen molar-refractivity contribution >= 4 is 11.9 Å². The summed E-state index contributed by atoms with van der Waals surface area (Å²) in [5.41, 5.74) is -0.604. The third-order valence-electron chi connectivity index (χ3n) is 5.43. The number of unbranched alkanes of at least 4 members (excludes halogenated alkanes) is 3. The van der Waals surface area contributed by atoms with Crippen molar-refractivity contribution < 1.29 is 24.2 Å². The van der Waals surface area contributed by atoms with Crippen LogP contribution in [0.5, 0.6) is 0 Å². The van der Waals surface area contributed by atoms with E-state index in [9.17, 15) is 14.7 Å². The zero-order valence-electron chi connectivity index (χ0n) is 18.2. The van der Waals surface area contributed by atoms with Crippen LogP contribution in [0.15, 0.2) is 23.8 Å². The van der Waals surface area contributed by atoms with E-state index in [0.29, 0.717) is 29.9 Å². The van der Waals surface area contributed by atoms with Crippen LogP contribution in [0.25, 0.3) is 0 Å². The summed E-state index contributed by atoms with van der Waals surface area (Å²) in [7, 11) is 0. The van der Waals surface area contributed by atoms with Crippen molar-refractivity contribution in [2.45, 2.75) is 78.7 Å². The topological polar surface area (TPSA) is 72.8 Å². The van der Waals surface area contributed by atoms with Gasteiger partial charge in [0.25, 0.3) is 0 Å². The molecule has 0 spiro atoms. The number of rotatable bonds is 12. The van der Waals surface area contributed by atoms with Crippen LogP contribution in [0.1, 0.15) is 73.1 Å². The van der Waals surface area contributed by atoms with Gasteiger partial charge in [-0.15, -0.1) is 0 Å². The Bertz CT molecular complexity index is 553. The third kappa shape index (κ3) is 7.78. The second-order valence-corrected chi connectivity index (χ2v) is 8.47. The zero-order chi connectivity index (χ0) is 21.2. The van der Waals surface area contributed by atoms with E-state index in [1.807, 2.05) is 6.08 Å². The van der Waals surface area contributed by atoms with E-state index >= 15 is 0 Å². The molecule has 0 aromatic carbocycles. The third-order valence-corrected chi connectivity index (χ3v) is 5.43. The van der Waals surface area contributed by atoms with Gasteiger partial charge in [0.15, 0.2) is 5.60 Å². The molecule has 0 radical (unpaired) electrons. The van der Waals surface area contributed by atoms with Crippen LogP contribution in [0.3, 0.4) is 0 Å².